The lowest BCUT2D eigenvalue weighted by atomic mass is 9.81. The van der Waals surface area contributed by atoms with E-state index in [1.54, 1.807) is 20.3 Å². The summed E-state index contributed by atoms with van der Waals surface area (Å²) in [6, 6.07) is 8.23. The Morgan fingerprint density at radius 1 is 0.727 bits per heavy atom. The maximum atomic E-state index is 14.1. The van der Waals surface area contributed by atoms with E-state index in [0.717, 1.165) is 11.1 Å². The Hall–Kier alpha value is -1.81. The summed E-state index contributed by atoms with van der Waals surface area (Å²) < 4.78 is 36.9. The second kappa shape index (κ2) is 11.6. The number of hydrogen-bond acceptors (Lipinski definition) is 5. The second-order valence-electron chi connectivity index (χ2n) is 9.10. The number of benzene rings is 2. The lowest BCUT2D eigenvalue weighted by Crippen LogP contribution is -2.17. The lowest BCUT2D eigenvalue weighted by molar-refractivity contribution is 0.230. The van der Waals surface area contributed by atoms with Crippen molar-refractivity contribution in [2.45, 2.75) is 73.1 Å². The van der Waals surface area contributed by atoms with Gasteiger partial charge in [-0.25, -0.2) is 0 Å². The van der Waals surface area contributed by atoms with Crippen molar-refractivity contribution < 1.29 is 23.1 Å². The van der Waals surface area contributed by atoms with E-state index >= 15 is 0 Å². The van der Waals surface area contributed by atoms with Crippen LogP contribution in [0.25, 0.3) is 11.1 Å². The Bertz CT molecular complexity index is 955. The molecule has 0 unspecified atom stereocenters. The van der Waals surface area contributed by atoms with Crippen LogP contribution in [0.2, 0.25) is 0 Å². The van der Waals surface area contributed by atoms with Crippen molar-refractivity contribution in [3.05, 3.63) is 41.0 Å². The molecule has 0 aliphatic carbocycles. The minimum atomic E-state index is -3.61. The molecule has 6 heteroatoms. The number of hydrogen-bond donors (Lipinski definition) is 0. The van der Waals surface area contributed by atoms with Crippen molar-refractivity contribution in [3.63, 3.8) is 0 Å². The molecule has 0 spiro atoms. The molecule has 0 saturated heterocycles. The fraction of sp³-hybridized carbons (Fsp3) is 0.556. The summed E-state index contributed by atoms with van der Waals surface area (Å²) in [6.07, 6.45) is 0. The van der Waals surface area contributed by atoms with E-state index in [-0.39, 0.29) is 25.0 Å². The van der Waals surface area contributed by atoms with Crippen molar-refractivity contribution in [2.75, 3.05) is 27.4 Å². The van der Waals surface area contributed by atoms with Gasteiger partial charge in [0.15, 0.2) is 11.5 Å². The summed E-state index contributed by atoms with van der Waals surface area (Å²) >= 11 is 0. The highest BCUT2D eigenvalue weighted by Gasteiger charge is 2.34. The average Bonchev–Trinajstić information content (AvgIpc) is 2.77. The van der Waals surface area contributed by atoms with Gasteiger partial charge in [0.25, 0.3) is 0 Å². The van der Waals surface area contributed by atoms with Crippen LogP contribution in [-0.4, -0.2) is 27.4 Å². The first-order chi connectivity index (χ1) is 15.5. The van der Waals surface area contributed by atoms with Crippen LogP contribution in [0.15, 0.2) is 24.3 Å². The highest BCUT2D eigenvalue weighted by Crippen LogP contribution is 2.52. The Kier molecular flexibility index (Phi) is 9.60. The molecule has 0 amide bonds. The molecule has 0 N–H and O–H groups in total. The predicted molar refractivity (Wildman–Crippen MR) is 138 cm³/mol. The van der Waals surface area contributed by atoms with Crippen LogP contribution < -0.4 is 14.8 Å². The van der Waals surface area contributed by atoms with E-state index in [0.29, 0.717) is 22.7 Å². The van der Waals surface area contributed by atoms with E-state index in [1.807, 2.05) is 19.9 Å². The van der Waals surface area contributed by atoms with Crippen molar-refractivity contribution in [3.8, 4) is 22.6 Å². The number of rotatable bonds is 11. The van der Waals surface area contributed by atoms with Gasteiger partial charge in [0.1, 0.15) is 0 Å². The minimum Gasteiger partial charge on any atom is -0.493 e. The molecule has 0 atom stereocenters. The van der Waals surface area contributed by atoms with Gasteiger partial charge in [0.2, 0.25) is 0 Å². The van der Waals surface area contributed by atoms with Gasteiger partial charge in [0, 0.05) is 5.56 Å². The van der Waals surface area contributed by atoms with Gasteiger partial charge >= 0.3 is 7.60 Å². The predicted octanol–water partition coefficient (Wildman–Crippen LogP) is 7.63. The largest absolute Gasteiger partial charge is 0.493 e. The highest BCUT2D eigenvalue weighted by atomic mass is 31.2. The molecule has 33 heavy (non-hydrogen) atoms. The third kappa shape index (κ3) is 5.82. The van der Waals surface area contributed by atoms with Crippen molar-refractivity contribution in [1.29, 1.82) is 0 Å². The van der Waals surface area contributed by atoms with Gasteiger partial charge in [-0.05, 0) is 66.0 Å². The van der Waals surface area contributed by atoms with Crippen molar-refractivity contribution in [1.82, 2.24) is 0 Å². The third-order valence-electron chi connectivity index (χ3n) is 5.80. The molecule has 0 aliphatic heterocycles. The summed E-state index contributed by atoms with van der Waals surface area (Å²) in [7, 11) is -0.427. The minimum absolute atomic E-state index is 0.260. The zero-order valence-corrected chi connectivity index (χ0v) is 22.8. The third-order valence-corrected chi connectivity index (χ3v) is 7.95. The molecule has 2 rings (SSSR count). The van der Waals surface area contributed by atoms with Gasteiger partial charge in [-0.3, -0.25) is 4.57 Å². The summed E-state index contributed by atoms with van der Waals surface area (Å²) in [5, 5.41) is 0.505. The molecule has 5 nitrogen and oxygen atoms in total. The zero-order chi connectivity index (χ0) is 24.9. The Morgan fingerprint density at radius 3 is 1.55 bits per heavy atom. The molecule has 0 aromatic heterocycles. The summed E-state index contributed by atoms with van der Waals surface area (Å²) in [5.41, 5.74) is 5.59. The van der Waals surface area contributed by atoms with Crippen LogP contribution in [0.4, 0.5) is 0 Å². The van der Waals surface area contributed by atoms with Gasteiger partial charge < -0.3 is 18.5 Å². The zero-order valence-electron chi connectivity index (χ0n) is 21.9. The van der Waals surface area contributed by atoms with Gasteiger partial charge in [-0.2, -0.15) is 0 Å². The molecule has 2 aromatic carbocycles. The highest BCUT2D eigenvalue weighted by molar-refractivity contribution is 7.62. The van der Waals surface area contributed by atoms with E-state index in [1.165, 1.54) is 16.7 Å². The molecule has 0 radical (unpaired) electrons. The van der Waals surface area contributed by atoms with Crippen LogP contribution in [0.5, 0.6) is 11.5 Å². The van der Waals surface area contributed by atoms with Crippen LogP contribution in [0.1, 0.15) is 89.8 Å². The van der Waals surface area contributed by atoms with Crippen LogP contribution in [0, 0.1) is 0 Å². The smallest absolute Gasteiger partial charge is 0.362 e. The summed E-state index contributed by atoms with van der Waals surface area (Å²) in [5.74, 6) is 1.99. The molecule has 0 fully saturated rings. The first kappa shape index (κ1) is 27.4. The maximum absolute atomic E-state index is 14.1. The van der Waals surface area contributed by atoms with Gasteiger partial charge in [-0.15, -0.1) is 0 Å². The van der Waals surface area contributed by atoms with Crippen LogP contribution >= 0.6 is 7.60 Å². The van der Waals surface area contributed by atoms with E-state index in [9.17, 15) is 4.57 Å². The Labute approximate surface area is 200 Å². The van der Waals surface area contributed by atoms with E-state index < -0.39 is 7.60 Å². The molecule has 0 aliphatic rings. The quantitative estimate of drug-likeness (QED) is 0.312. The monoisotopic (exact) mass is 476 g/mol. The summed E-state index contributed by atoms with van der Waals surface area (Å²) in [4.78, 5) is 0. The van der Waals surface area contributed by atoms with Gasteiger partial charge in [0.05, 0.1) is 32.7 Å². The number of methoxy groups -OCH3 is 2. The topological polar surface area (TPSA) is 54.0 Å². The van der Waals surface area contributed by atoms with E-state index in [2.05, 4.69) is 53.7 Å². The maximum Gasteiger partial charge on any atom is 0.362 e. The molecular formula is C27H41O5P. The molecule has 184 valence electrons. The van der Waals surface area contributed by atoms with Gasteiger partial charge in [-0.1, -0.05) is 53.7 Å². The standard InChI is InChI=1S/C27H41O5P/c1-11-31-33(28,32-12-2)26-16-25(30-10)24(29-9)15-23(26)27-21(18(5)6)13-20(17(3)4)14-22(27)19(7)8/h13-19H,11-12H2,1-10H3. The first-order valence-corrected chi connectivity index (χ1v) is 13.4. The summed E-state index contributed by atoms with van der Waals surface area (Å²) in [6.45, 7) is 17.4. The van der Waals surface area contributed by atoms with Crippen molar-refractivity contribution >= 4 is 12.9 Å². The lowest BCUT2D eigenvalue weighted by Gasteiger charge is -2.27. The van der Waals surface area contributed by atoms with Crippen LogP contribution in [-0.2, 0) is 13.6 Å². The molecule has 0 bridgehead atoms. The molecule has 0 saturated carbocycles. The first-order valence-electron chi connectivity index (χ1n) is 11.9. The fourth-order valence-electron chi connectivity index (χ4n) is 4.08. The second-order valence-corrected chi connectivity index (χ2v) is 11.1. The number of ether oxygens (including phenoxy) is 2. The van der Waals surface area contributed by atoms with Crippen LogP contribution in [0.3, 0.4) is 0 Å². The molecule has 2 aromatic rings. The molecule has 0 heterocycles. The Morgan fingerprint density at radius 2 is 1.18 bits per heavy atom. The van der Waals surface area contributed by atoms with E-state index in [4.69, 9.17) is 18.5 Å². The Balaban J connectivity index is 3.09. The SMILES string of the molecule is CCOP(=O)(OCC)c1cc(OC)c(OC)cc1-c1c(C(C)C)cc(C(C)C)cc1C(C)C. The van der Waals surface area contributed by atoms with Crippen molar-refractivity contribution in [2.24, 2.45) is 0 Å². The normalized spacial score (nSPS) is 12.2. The average molecular weight is 477 g/mol. The molecular weight excluding hydrogens is 435 g/mol. The fourth-order valence-corrected chi connectivity index (χ4v) is 5.86.